The van der Waals surface area contributed by atoms with Crippen molar-refractivity contribution in [1.82, 2.24) is 4.98 Å². The molecule has 0 fully saturated rings. The lowest BCUT2D eigenvalue weighted by Crippen LogP contribution is -2.13. The van der Waals surface area contributed by atoms with Crippen molar-refractivity contribution in [3.8, 4) is 11.1 Å². The number of hydrogen-bond acceptors (Lipinski definition) is 3. The van der Waals surface area contributed by atoms with Gasteiger partial charge in [-0.2, -0.15) is 0 Å². The minimum atomic E-state index is -0.271. The molecule has 0 aliphatic rings. The molecule has 4 rings (SSSR count). The number of benzene rings is 2. The molecular weight excluding hydrogens is 371 g/mol. The van der Waals surface area contributed by atoms with Gasteiger partial charge in [0.25, 0.3) is 5.91 Å². The van der Waals surface area contributed by atoms with Crippen molar-refractivity contribution in [3.05, 3.63) is 69.5 Å². The number of fused-ring (bicyclic) bond motifs is 2. The molecule has 0 saturated carbocycles. The van der Waals surface area contributed by atoms with Crippen LogP contribution in [-0.4, -0.2) is 10.9 Å². The second-order valence-corrected chi connectivity index (χ2v) is 6.96. The fourth-order valence-electron chi connectivity index (χ4n) is 2.97. The minimum Gasteiger partial charge on any atom is -0.456 e. The number of amides is 1. The number of pyridine rings is 1. The van der Waals surface area contributed by atoms with E-state index in [1.807, 2.05) is 32.0 Å². The van der Waals surface area contributed by atoms with E-state index < -0.39 is 0 Å². The fraction of sp³-hybridized carbons (Fsp3) is 0.100. The van der Waals surface area contributed by atoms with Gasteiger partial charge in [-0.25, -0.2) is 0 Å². The quantitative estimate of drug-likeness (QED) is 0.463. The number of carbonyl (C=O) groups excluding carboxylic acids is 1. The zero-order chi connectivity index (χ0) is 18.4. The molecule has 3 heterocycles. The molecule has 1 aromatic carbocycles. The summed E-state index contributed by atoms with van der Waals surface area (Å²) in [6, 6.07) is 10.7. The van der Waals surface area contributed by atoms with Crippen LogP contribution >= 0.6 is 23.2 Å². The number of anilines is 1. The van der Waals surface area contributed by atoms with E-state index in [-0.39, 0.29) is 5.91 Å². The summed E-state index contributed by atoms with van der Waals surface area (Å²) in [5.41, 5.74) is 5.79. The molecule has 4 aromatic rings. The zero-order valence-corrected chi connectivity index (χ0v) is 15.6. The number of hydrogen-bond donors (Lipinski definition) is 1. The average molecular weight is 385 g/mol. The molecular formula is C20H14Cl2N2O2. The van der Waals surface area contributed by atoms with E-state index in [0.717, 1.165) is 22.4 Å². The van der Waals surface area contributed by atoms with Crippen molar-refractivity contribution in [3.63, 3.8) is 0 Å². The van der Waals surface area contributed by atoms with E-state index in [0.29, 0.717) is 32.5 Å². The highest BCUT2D eigenvalue weighted by molar-refractivity contribution is 6.42. The fourth-order valence-corrected chi connectivity index (χ4v) is 3.27. The molecule has 3 aromatic heterocycles. The van der Waals surface area contributed by atoms with E-state index in [9.17, 15) is 4.79 Å². The maximum absolute atomic E-state index is 12.9. The van der Waals surface area contributed by atoms with Crippen molar-refractivity contribution in [2.45, 2.75) is 13.8 Å². The van der Waals surface area contributed by atoms with Gasteiger partial charge in [0.15, 0.2) is 0 Å². The Bertz CT molecular complexity index is 1120. The first-order valence-corrected chi connectivity index (χ1v) is 8.74. The zero-order valence-electron chi connectivity index (χ0n) is 14.1. The Morgan fingerprint density at radius 2 is 1.88 bits per heavy atom. The summed E-state index contributed by atoms with van der Waals surface area (Å²) >= 11 is 12.0. The Morgan fingerprint density at radius 1 is 1.08 bits per heavy atom. The summed E-state index contributed by atoms with van der Waals surface area (Å²) in [4.78, 5) is 17.3. The van der Waals surface area contributed by atoms with Crippen LogP contribution < -0.4 is 5.32 Å². The maximum atomic E-state index is 12.9. The number of nitrogens with one attached hydrogen (secondary N) is 1. The summed E-state index contributed by atoms with van der Waals surface area (Å²) in [5.74, 6) is -0.271. The number of furan rings is 2. The third-order valence-corrected chi connectivity index (χ3v) is 4.98. The first-order chi connectivity index (χ1) is 12.4. The first-order valence-electron chi connectivity index (χ1n) is 7.99. The standard InChI is InChI=1S/C20H14Cl2N2O2/c1-10-7-16-18(20(25)24-13-5-6-14(21)15(22)8-13)17(19(10)26-16)12-4-3-11(2)23-9-12/h3-9H,1-2H3,(H,24,25). The Hall–Kier alpha value is -2.56. The molecule has 0 unspecified atom stereocenters. The maximum Gasteiger partial charge on any atom is 0.260 e. The second-order valence-electron chi connectivity index (χ2n) is 6.14. The highest BCUT2D eigenvalue weighted by atomic mass is 35.5. The highest BCUT2D eigenvalue weighted by Crippen LogP contribution is 2.39. The molecule has 130 valence electrons. The number of nitrogens with zero attached hydrogens (tertiary/aromatic N) is 1. The summed E-state index contributed by atoms with van der Waals surface area (Å²) in [6.45, 7) is 3.87. The number of aryl methyl sites for hydroxylation is 2. The Balaban J connectivity index is 1.78. The monoisotopic (exact) mass is 384 g/mol. The topological polar surface area (TPSA) is 55.1 Å². The molecule has 1 N–H and O–H groups in total. The van der Waals surface area contributed by atoms with Crippen molar-refractivity contribution in [2.24, 2.45) is 0 Å². The molecule has 0 aliphatic carbocycles. The molecule has 0 radical (unpaired) electrons. The van der Waals surface area contributed by atoms with Gasteiger partial charge in [-0.3, -0.25) is 9.78 Å². The third kappa shape index (κ3) is 2.81. The molecule has 0 saturated heterocycles. The van der Waals surface area contributed by atoms with Crippen LogP contribution in [-0.2, 0) is 0 Å². The third-order valence-electron chi connectivity index (χ3n) is 4.25. The van der Waals surface area contributed by atoms with Gasteiger partial charge in [-0.15, -0.1) is 0 Å². The van der Waals surface area contributed by atoms with Crippen LogP contribution in [0.2, 0.25) is 10.0 Å². The van der Waals surface area contributed by atoms with Gasteiger partial charge < -0.3 is 9.73 Å². The molecule has 0 aliphatic heterocycles. The number of halogens is 2. The number of rotatable bonds is 3. The molecule has 4 nitrogen and oxygen atoms in total. The van der Waals surface area contributed by atoms with E-state index in [1.165, 1.54) is 0 Å². The molecule has 6 heteroatoms. The van der Waals surface area contributed by atoms with E-state index in [2.05, 4.69) is 10.3 Å². The van der Waals surface area contributed by atoms with Crippen LogP contribution in [0, 0.1) is 13.8 Å². The summed E-state index contributed by atoms with van der Waals surface area (Å²) in [7, 11) is 0. The molecule has 0 atom stereocenters. The van der Waals surface area contributed by atoms with Crippen molar-refractivity contribution in [1.29, 1.82) is 0 Å². The van der Waals surface area contributed by atoms with Gasteiger partial charge in [-0.1, -0.05) is 29.3 Å². The predicted molar refractivity (Wildman–Crippen MR) is 105 cm³/mol. The SMILES string of the molecule is Cc1ccc(-c2c(C(=O)Nc3ccc(Cl)c(Cl)c3)c3cc(C)c2o3)cn1. The number of aromatic nitrogens is 1. The van der Waals surface area contributed by atoms with Crippen LogP contribution in [0.1, 0.15) is 21.6 Å². The molecule has 26 heavy (non-hydrogen) atoms. The summed E-state index contributed by atoms with van der Waals surface area (Å²) in [5, 5.41) is 3.67. The molecule has 1 amide bonds. The Kier molecular flexibility index (Phi) is 4.10. The van der Waals surface area contributed by atoms with Crippen molar-refractivity contribution < 1.29 is 9.21 Å². The summed E-state index contributed by atoms with van der Waals surface area (Å²) < 4.78 is 5.83. The number of carbonyl (C=O) groups is 1. The lowest BCUT2D eigenvalue weighted by atomic mass is 9.98. The first kappa shape index (κ1) is 16.9. The predicted octanol–water partition coefficient (Wildman–Crippen LogP) is 6.11. The minimum absolute atomic E-state index is 0.271. The van der Waals surface area contributed by atoms with Crippen LogP contribution in [0.5, 0.6) is 0 Å². The van der Waals surface area contributed by atoms with Crippen LogP contribution in [0.4, 0.5) is 5.69 Å². The van der Waals surface area contributed by atoms with Gasteiger partial charge in [0.2, 0.25) is 0 Å². The summed E-state index contributed by atoms with van der Waals surface area (Å²) in [6.07, 6.45) is 1.75. The van der Waals surface area contributed by atoms with Gasteiger partial charge in [-0.05, 0) is 49.7 Å². The highest BCUT2D eigenvalue weighted by Gasteiger charge is 2.26. The molecule has 2 bridgehead atoms. The van der Waals surface area contributed by atoms with Crippen LogP contribution in [0.15, 0.2) is 47.0 Å². The lowest BCUT2D eigenvalue weighted by Gasteiger charge is -2.09. The van der Waals surface area contributed by atoms with Gasteiger partial charge in [0, 0.05) is 28.7 Å². The average Bonchev–Trinajstić information content (AvgIpc) is 3.16. The van der Waals surface area contributed by atoms with Crippen molar-refractivity contribution >= 4 is 46.0 Å². The molecule has 0 spiro atoms. The van der Waals surface area contributed by atoms with Gasteiger partial charge in [0.05, 0.1) is 15.6 Å². The second kappa shape index (κ2) is 6.31. The van der Waals surface area contributed by atoms with Gasteiger partial charge >= 0.3 is 0 Å². The normalized spacial score (nSPS) is 11.2. The largest absolute Gasteiger partial charge is 0.456 e. The Labute approximate surface area is 160 Å². The van der Waals surface area contributed by atoms with Crippen LogP contribution in [0.3, 0.4) is 0 Å². The van der Waals surface area contributed by atoms with E-state index >= 15 is 0 Å². The van der Waals surface area contributed by atoms with E-state index in [4.69, 9.17) is 27.6 Å². The van der Waals surface area contributed by atoms with Crippen LogP contribution in [0.25, 0.3) is 22.3 Å². The smallest absolute Gasteiger partial charge is 0.260 e. The van der Waals surface area contributed by atoms with E-state index in [1.54, 1.807) is 24.4 Å². The Morgan fingerprint density at radius 3 is 2.58 bits per heavy atom. The van der Waals surface area contributed by atoms with Gasteiger partial charge in [0.1, 0.15) is 11.2 Å². The lowest BCUT2D eigenvalue weighted by molar-refractivity contribution is 0.102. The van der Waals surface area contributed by atoms with Crippen molar-refractivity contribution in [2.75, 3.05) is 5.32 Å².